The molecule has 0 aliphatic carbocycles. The highest BCUT2D eigenvalue weighted by Gasteiger charge is 2.21. The normalized spacial score (nSPS) is 17.2. The van der Waals surface area contributed by atoms with Gasteiger partial charge in [0.2, 0.25) is 0 Å². The molecule has 0 bridgehead atoms. The lowest BCUT2D eigenvalue weighted by Crippen LogP contribution is -2.33. The van der Waals surface area contributed by atoms with Gasteiger partial charge in [0, 0.05) is 0 Å². The smallest absolute Gasteiger partial charge is 0.437 e. The molecule has 18 heavy (non-hydrogen) atoms. The molecular weight excluding hydrogens is 234 g/mol. The number of aromatic nitrogens is 2. The maximum Gasteiger partial charge on any atom is 0.437 e. The Balaban J connectivity index is 1.96. The lowest BCUT2D eigenvalue weighted by molar-refractivity contribution is 0.323. The molecule has 2 aromatic heterocycles. The number of hydrogen-bond acceptors (Lipinski definition) is 5. The molecule has 0 atom stereocenters. The molecule has 0 saturated carbocycles. The molecule has 6 heteroatoms. The third kappa shape index (κ3) is 1.88. The first-order chi connectivity index (χ1) is 8.75. The van der Waals surface area contributed by atoms with Crippen molar-refractivity contribution in [3.8, 4) is 11.5 Å². The van der Waals surface area contributed by atoms with Crippen molar-refractivity contribution < 1.29 is 8.83 Å². The molecule has 0 amide bonds. The van der Waals surface area contributed by atoms with Gasteiger partial charge in [-0.1, -0.05) is 0 Å². The molecule has 2 aromatic rings. The lowest BCUT2D eigenvalue weighted by Gasteiger charge is -2.21. The van der Waals surface area contributed by atoms with Gasteiger partial charge in [0.15, 0.2) is 0 Å². The summed E-state index contributed by atoms with van der Waals surface area (Å²) < 4.78 is 11.9. The van der Waals surface area contributed by atoms with Crippen LogP contribution in [0.4, 0.5) is 0 Å². The molecule has 3 rings (SSSR count). The van der Waals surface area contributed by atoms with Crippen LogP contribution in [0.2, 0.25) is 0 Å². The van der Waals surface area contributed by atoms with E-state index in [4.69, 9.17) is 8.83 Å². The average molecular weight is 249 g/mol. The first-order valence-corrected chi connectivity index (χ1v) is 6.10. The van der Waals surface area contributed by atoms with Crippen LogP contribution in [0.3, 0.4) is 0 Å². The molecule has 1 N–H and O–H groups in total. The molecule has 6 nitrogen and oxygen atoms in total. The Morgan fingerprint density at radius 3 is 2.89 bits per heavy atom. The van der Waals surface area contributed by atoms with Gasteiger partial charge in [-0.05, 0) is 38.9 Å². The van der Waals surface area contributed by atoms with Crippen molar-refractivity contribution in [3.05, 3.63) is 28.6 Å². The van der Waals surface area contributed by atoms with E-state index in [0.717, 1.165) is 31.5 Å². The summed E-state index contributed by atoms with van der Waals surface area (Å²) >= 11 is 0. The topological polar surface area (TPSA) is 73.2 Å². The Kier molecular flexibility index (Phi) is 2.79. The van der Waals surface area contributed by atoms with Gasteiger partial charge in [0.25, 0.3) is 5.89 Å². The minimum absolute atomic E-state index is 0.128. The zero-order valence-electron chi connectivity index (χ0n) is 10.2. The van der Waals surface area contributed by atoms with Crippen LogP contribution in [0.5, 0.6) is 0 Å². The predicted molar refractivity (Wildman–Crippen MR) is 64.3 cm³/mol. The number of nitrogens with zero attached hydrogens (tertiary/aromatic N) is 2. The molecule has 1 aliphatic heterocycles. The molecule has 0 unspecified atom stereocenters. The minimum Gasteiger partial charge on any atom is -0.469 e. The van der Waals surface area contributed by atoms with E-state index >= 15 is 0 Å². The lowest BCUT2D eigenvalue weighted by atomic mass is 10.1. The van der Waals surface area contributed by atoms with Crippen LogP contribution in [-0.4, -0.2) is 22.9 Å². The number of hydrogen-bond donors (Lipinski definition) is 1. The van der Waals surface area contributed by atoms with E-state index in [1.165, 1.54) is 4.68 Å². The first kappa shape index (κ1) is 11.3. The van der Waals surface area contributed by atoms with Crippen LogP contribution in [0.15, 0.2) is 26.0 Å². The molecule has 0 radical (unpaired) electrons. The fourth-order valence-electron chi connectivity index (χ4n) is 2.29. The van der Waals surface area contributed by atoms with Gasteiger partial charge in [0.1, 0.15) is 5.76 Å². The summed E-state index contributed by atoms with van der Waals surface area (Å²) in [6, 6.07) is 1.89. The quantitative estimate of drug-likeness (QED) is 0.869. The molecular formula is C12H15N3O3. The first-order valence-electron chi connectivity index (χ1n) is 6.10. The SMILES string of the molecule is Cc1occc1-c1nn(C2CCNCC2)c(=O)o1. The minimum atomic E-state index is -0.391. The number of piperidine rings is 1. The van der Waals surface area contributed by atoms with E-state index in [9.17, 15) is 4.79 Å². The summed E-state index contributed by atoms with van der Waals surface area (Å²) in [4.78, 5) is 11.8. The highest BCUT2D eigenvalue weighted by Crippen LogP contribution is 2.23. The zero-order valence-corrected chi connectivity index (χ0v) is 10.2. The van der Waals surface area contributed by atoms with Gasteiger partial charge < -0.3 is 14.2 Å². The van der Waals surface area contributed by atoms with E-state index in [0.29, 0.717) is 11.7 Å². The van der Waals surface area contributed by atoms with Crippen molar-refractivity contribution in [3.63, 3.8) is 0 Å². The van der Waals surface area contributed by atoms with Crippen LogP contribution >= 0.6 is 0 Å². The Bertz CT molecular complexity index is 590. The van der Waals surface area contributed by atoms with Gasteiger partial charge in [0.05, 0.1) is 17.9 Å². The van der Waals surface area contributed by atoms with Crippen molar-refractivity contribution in [2.75, 3.05) is 13.1 Å². The van der Waals surface area contributed by atoms with Crippen molar-refractivity contribution in [2.24, 2.45) is 0 Å². The van der Waals surface area contributed by atoms with E-state index in [-0.39, 0.29) is 6.04 Å². The third-order valence-corrected chi connectivity index (χ3v) is 3.31. The van der Waals surface area contributed by atoms with Crippen LogP contribution < -0.4 is 11.1 Å². The monoisotopic (exact) mass is 249 g/mol. The largest absolute Gasteiger partial charge is 0.469 e. The zero-order chi connectivity index (χ0) is 12.5. The van der Waals surface area contributed by atoms with Crippen LogP contribution in [0.25, 0.3) is 11.5 Å². The van der Waals surface area contributed by atoms with Crippen molar-refractivity contribution in [1.29, 1.82) is 0 Å². The third-order valence-electron chi connectivity index (χ3n) is 3.31. The Labute approximate surface area is 104 Å². The van der Waals surface area contributed by atoms with Gasteiger partial charge in [-0.3, -0.25) is 0 Å². The summed E-state index contributed by atoms with van der Waals surface area (Å²) in [5, 5.41) is 7.55. The fourth-order valence-corrected chi connectivity index (χ4v) is 2.29. The Morgan fingerprint density at radius 1 is 1.44 bits per heavy atom. The number of nitrogens with one attached hydrogen (secondary N) is 1. The van der Waals surface area contributed by atoms with Gasteiger partial charge >= 0.3 is 5.76 Å². The number of furan rings is 1. The maximum atomic E-state index is 11.8. The van der Waals surface area contributed by atoms with Crippen LogP contribution in [0.1, 0.15) is 24.6 Å². The highest BCUT2D eigenvalue weighted by molar-refractivity contribution is 5.54. The average Bonchev–Trinajstić information content (AvgIpc) is 2.96. The van der Waals surface area contributed by atoms with Gasteiger partial charge in [-0.2, -0.15) is 4.68 Å². The molecule has 1 aliphatic rings. The maximum absolute atomic E-state index is 11.8. The summed E-state index contributed by atoms with van der Waals surface area (Å²) in [5.74, 6) is 0.649. The molecule has 1 fully saturated rings. The highest BCUT2D eigenvalue weighted by atomic mass is 16.4. The van der Waals surface area contributed by atoms with E-state index < -0.39 is 5.76 Å². The van der Waals surface area contributed by atoms with Crippen molar-refractivity contribution >= 4 is 0 Å². The molecule has 0 aromatic carbocycles. The Hall–Kier alpha value is -1.82. The molecule has 0 spiro atoms. The number of rotatable bonds is 2. The van der Waals surface area contributed by atoms with E-state index in [1.54, 1.807) is 12.3 Å². The second-order valence-electron chi connectivity index (χ2n) is 4.49. The van der Waals surface area contributed by atoms with Crippen LogP contribution in [0, 0.1) is 6.92 Å². The molecule has 96 valence electrons. The van der Waals surface area contributed by atoms with E-state index in [1.807, 2.05) is 6.92 Å². The van der Waals surface area contributed by atoms with Crippen LogP contribution in [-0.2, 0) is 0 Å². The van der Waals surface area contributed by atoms with Crippen molar-refractivity contribution in [1.82, 2.24) is 15.1 Å². The second-order valence-corrected chi connectivity index (χ2v) is 4.49. The van der Waals surface area contributed by atoms with Gasteiger partial charge in [-0.25, -0.2) is 4.79 Å². The second kappa shape index (κ2) is 4.45. The predicted octanol–water partition coefficient (Wildman–Crippen LogP) is 1.33. The summed E-state index contributed by atoms with van der Waals surface area (Å²) in [6.45, 7) is 3.63. The summed E-state index contributed by atoms with van der Waals surface area (Å²) in [5.41, 5.74) is 0.736. The number of aryl methyl sites for hydroxylation is 1. The molecule has 1 saturated heterocycles. The summed E-state index contributed by atoms with van der Waals surface area (Å²) in [6.07, 6.45) is 3.36. The Morgan fingerprint density at radius 2 is 2.22 bits per heavy atom. The van der Waals surface area contributed by atoms with Gasteiger partial charge in [-0.15, -0.1) is 5.10 Å². The molecule has 3 heterocycles. The standard InChI is InChI=1S/C12H15N3O3/c1-8-10(4-7-17-8)11-14-15(12(16)18-11)9-2-5-13-6-3-9/h4,7,9,13H,2-3,5-6H2,1H3. The summed E-state index contributed by atoms with van der Waals surface area (Å²) in [7, 11) is 0. The fraction of sp³-hybridized carbons (Fsp3) is 0.500. The van der Waals surface area contributed by atoms with Crippen molar-refractivity contribution in [2.45, 2.75) is 25.8 Å². The van der Waals surface area contributed by atoms with E-state index in [2.05, 4.69) is 10.4 Å².